The summed E-state index contributed by atoms with van der Waals surface area (Å²) in [4.78, 5) is 26.6. The number of nitrogens with one attached hydrogen (secondary N) is 1. The molecule has 2 heterocycles. The van der Waals surface area contributed by atoms with Crippen LogP contribution < -0.4 is 10.9 Å². The molecular weight excluding hydrogens is 430 g/mol. The van der Waals surface area contributed by atoms with Crippen LogP contribution in [0.3, 0.4) is 0 Å². The fourth-order valence-electron chi connectivity index (χ4n) is 2.52. The molecule has 11 nitrogen and oxygen atoms in total. The van der Waals surface area contributed by atoms with E-state index in [1.54, 1.807) is 20.1 Å². The summed E-state index contributed by atoms with van der Waals surface area (Å²) in [5, 5.41) is 10.6. The number of methoxy groups -OCH3 is 1. The van der Waals surface area contributed by atoms with Crippen LogP contribution in [0.5, 0.6) is 0 Å². The molecule has 0 spiro atoms. The minimum Gasteiger partial charge on any atom is -0.450 e. The Morgan fingerprint density at radius 2 is 2.00 bits per heavy atom. The number of amides is 1. The summed E-state index contributed by atoms with van der Waals surface area (Å²) in [6, 6.07) is 10.6. The highest BCUT2D eigenvalue weighted by Gasteiger charge is 2.11. The molecule has 0 aliphatic rings. The normalized spacial score (nSPS) is 10.3. The molecule has 1 aromatic carbocycles. The smallest absolute Gasteiger partial charge is 0.411 e. The molecule has 1 N–H and O–H groups in total. The summed E-state index contributed by atoms with van der Waals surface area (Å²) in [7, 11) is 1.60. The standard InChI is InChI=1S/C12H16N4O4.C10H13NO2/c1-3-16-11(17)5-4-9(14-16)12-13-10(20-15-12)8-19-7-6-18-2;1-3-13-10(12)11-9-6-4-5-8(2)7-9/h4-5H,3,6-8H2,1-2H3;4-7H,3H2,1-2H3,(H,11,12). The maximum Gasteiger partial charge on any atom is 0.411 e. The summed E-state index contributed by atoms with van der Waals surface area (Å²) in [6.07, 6.45) is -0.409. The zero-order valence-corrected chi connectivity index (χ0v) is 19.2. The Kier molecular flexibility index (Phi) is 10.7. The first-order chi connectivity index (χ1) is 16.0. The average molecular weight is 460 g/mol. The Morgan fingerprint density at radius 3 is 2.70 bits per heavy atom. The molecule has 3 rings (SSSR count). The van der Waals surface area contributed by atoms with Gasteiger partial charge in [0, 0.05) is 25.4 Å². The van der Waals surface area contributed by atoms with Gasteiger partial charge in [0.25, 0.3) is 11.4 Å². The molecule has 0 aliphatic carbocycles. The molecular formula is C22H29N5O6. The zero-order chi connectivity index (χ0) is 24.1. The van der Waals surface area contributed by atoms with Gasteiger partial charge >= 0.3 is 6.09 Å². The number of nitrogens with zero attached hydrogens (tertiary/aromatic N) is 4. The monoisotopic (exact) mass is 459 g/mol. The lowest BCUT2D eigenvalue weighted by atomic mass is 10.2. The van der Waals surface area contributed by atoms with Crippen molar-refractivity contribution in [2.45, 2.75) is 33.9 Å². The lowest BCUT2D eigenvalue weighted by molar-refractivity contribution is 0.0494. The van der Waals surface area contributed by atoms with E-state index < -0.39 is 6.09 Å². The quantitative estimate of drug-likeness (QED) is 0.480. The third-order valence-corrected chi connectivity index (χ3v) is 4.06. The van der Waals surface area contributed by atoms with Crippen molar-refractivity contribution in [2.24, 2.45) is 0 Å². The van der Waals surface area contributed by atoms with Crippen molar-refractivity contribution < 1.29 is 23.5 Å². The van der Waals surface area contributed by atoms with Gasteiger partial charge in [-0.25, -0.2) is 9.48 Å². The summed E-state index contributed by atoms with van der Waals surface area (Å²) >= 11 is 0. The molecule has 2 aromatic heterocycles. The van der Waals surface area contributed by atoms with Gasteiger partial charge in [-0.2, -0.15) is 10.1 Å². The first-order valence-corrected chi connectivity index (χ1v) is 10.4. The number of benzene rings is 1. The van der Waals surface area contributed by atoms with Crippen molar-refractivity contribution in [3.63, 3.8) is 0 Å². The Morgan fingerprint density at radius 1 is 1.18 bits per heavy atom. The highest BCUT2D eigenvalue weighted by Crippen LogP contribution is 2.11. The molecule has 11 heteroatoms. The number of carbonyl (C=O) groups excluding carboxylic acids is 1. The Hall–Kier alpha value is -3.57. The average Bonchev–Trinajstić information content (AvgIpc) is 3.27. The topological polar surface area (TPSA) is 131 Å². The van der Waals surface area contributed by atoms with Gasteiger partial charge < -0.3 is 18.7 Å². The zero-order valence-electron chi connectivity index (χ0n) is 19.2. The van der Waals surface area contributed by atoms with E-state index in [2.05, 4.69) is 20.6 Å². The number of anilines is 1. The number of aryl methyl sites for hydroxylation is 2. The third-order valence-electron chi connectivity index (χ3n) is 4.06. The van der Waals surface area contributed by atoms with Gasteiger partial charge in [-0.1, -0.05) is 17.3 Å². The van der Waals surface area contributed by atoms with Crippen molar-refractivity contribution in [1.82, 2.24) is 19.9 Å². The second kappa shape index (κ2) is 13.8. The van der Waals surface area contributed by atoms with Crippen LogP contribution in [0, 0.1) is 6.92 Å². The van der Waals surface area contributed by atoms with Crippen LogP contribution in [0.4, 0.5) is 10.5 Å². The van der Waals surface area contributed by atoms with Crippen LogP contribution >= 0.6 is 0 Å². The van der Waals surface area contributed by atoms with Crippen molar-refractivity contribution in [2.75, 3.05) is 32.2 Å². The van der Waals surface area contributed by atoms with Gasteiger partial charge in [0.05, 0.1) is 19.8 Å². The van der Waals surface area contributed by atoms with E-state index >= 15 is 0 Å². The van der Waals surface area contributed by atoms with Crippen molar-refractivity contribution in [3.05, 3.63) is 58.2 Å². The van der Waals surface area contributed by atoms with Gasteiger partial charge in [0.1, 0.15) is 12.3 Å². The molecule has 1 amide bonds. The number of hydrogen-bond acceptors (Lipinski definition) is 9. The van der Waals surface area contributed by atoms with Crippen LogP contribution in [-0.4, -0.2) is 52.9 Å². The molecule has 33 heavy (non-hydrogen) atoms. The Labute approximate surface area is 191 Å². The lowest BCUT2D eigenvalue weighted by Crippen LogP contribution is -2.21. The van der Waals surface area contributed by atoms with Crippen LogP contribution in [0.15, 0.2) is 45.7 Å². The third kappa shape index (κ3) is 8.83. The molecule has 0 saturated heterocycles. The van der Waals surface area contributed by atoms with E-state index in [0.717, 1.165) is 11.3 Å². The number of carbonyl (C=O) groups is 1. The number of aromatic nitrogens is 4. The highest BCUT2D eigenvalue weighted by atomic mass is 16.5. The first-order valence-electron chi connectivity index (χ1n) is 10.4. The molecule has 0 saturated carbocycles. The van der Waals surface area contributed by atoms with E-state index in [1.165, 1.54) is 10.7 Å². The molecule has 0 unspecified atom stereocenters. The van der Waals surface area contributed by atoms with E-state index in [1.807, 2.05) is 38.1 Å². The predicted octanol–water partition coefficient (Wildman–Crippen LogP) is 3.04. The second-order valence-corrected chi connectivity index (χ2v) is 6.64. The first kappa shape index (κ1) is 25.7. The Balaban J connectivity index is 0.000000257. The van der Waals surface area contributed by atoms with Crippen LogP contribution in [0.25, 0.3) is 11.5 Å². The second-order valence-electron chi connectivity index (χ2n) is 6.64. The minimum absolute atomic E-state index is 0.164. The van der Waals surface area contributed by atoms with Gasteiger partial charge in [0.15, 0.2) is 0 Å². The molecule has 0 fully saturated rings. The summed E-state index contributed by atoms with van der Waals surface area (Å²) in [6.45, 7) is 7.62. The molecule has 0 radical (unpaired) electrons. The van der Waals surface area contributed by atoms with Crippen LogP contribution in [0.1, 0.15) is 25.3 Å². The fraction of sp³-hybridized carbons (Fsp3) is 0.409. The maximum atomic E-state index is 11.4. The Bertz CT molecular complexity index is 1070. The van der Waals surface area contributed by atoms with Crippen LogP contribution in [-0.2, 0) is 27.4 Å². The van der Waals surface area contributed by atoms with Gasteiger partial charge in [-0.3, -0.25) is 10.1 Å². The fourth-order valence-corrected chi connectivity index (χ4v) is 2.52. The van der Waals surface area contributed by atoms with Crippen molar-refractivity contribution in [1.29, 1.82) is 0 Å². The van der Waals surface area contributed by atoms with E-state index in [4.69, 9.17) is 18.7 Å². The van der Waals surface area contributed by atoms with Gasteiger partial charge in [0.2, 0.25) is 5.82 Å². The minimum atomic E-state index is -0.409. The SMILES string of the molecule is CCOC(=O)Nc1cccc(C)c1.CCn1nc(-c2noc(COCCOC)n2)ccc1=O. The van der Waals surface area contributed by atoms with Gasteiger partial charge in [-0.05, 0) is 44.5 Å². The summed E-state index contributed by atoms with van der Waals surface area (Å²) in [5.41, 5.74) is 2.19. The molecule has 178 valence electrons. The van der Waals surface area contributed by atoms with Crippen molar-refractivity contribution >= 4 is 11.8 Å². The highest BCUT2D eigenvalue weighted by molar-refractivity contribution is 5.84. The molecule has 0 bridgehead atoms. The van der Waals surface area contributed by atoms with E-state index in [-0.39, 0.29) is 12.2 Å². The van der Waals surface area contributed by atoms with Crippen molar-refractivity contribution in [3.8, 4) is 11.5 Å². The van der Waals surface area contributed by atoms with Gasteiger partial charge in [-0.15, -0.1) is 0 Å². The van der Waals surface area contributed by atoms with Crippen LogP contribution in [0.2, 0.25) is 0 Å². The number of rotatable bonds is 9. The number of hydrogen-bond donors (Lipinski definition) is 1. The van der Waals surface area contributed by atoms with E-state index in [9.17, 15) is 9.59 Å². The summed E-state index contributed by atoms with van der Waals surface area (Å²) in [5.74, 6) is 0.685. The van der Waals surface area contributed by atoms with E-state index in [0.29, 0.717) is 43.8 Å². The number of ether oxygens (including phenoxy) is 3. The predicted molar refractivity (Wildman–Crippen MR) is 121 cm³/mol. The molecule has 3 aromatic rings. The molecule has 0 aliphatic heterocycles. The largest absolute Gasteiger partial charge is 0.450 e. The molecule has 0 atom stereocenters. The summed E-state index contributed by atoms with van der Waals surface area (Å²) < 4.78 is 21.3. The lowest BCUT2D eigenvalue weighted by Gasteiger charge is -2.04. The maximum absolute atomic E-state index is 11.4.